The molecular weight excluding hydrogens is 438 g/mol. The number of hydrogen-bond donors (Lipinski definition) is 2. The second kappa shape index (κ2) is 9.23. The third-order valence-electron chi connectivity index (χ3n) is 4.22. The number of carbonyl (C=O) groups excluding carboxylic acids is 1. The minimum Gasteiger partial charge on any atom is -0.348 e. The molecule has 1 amide bonds. The van der Waals surface area contributed by atoms with Gasteiger partial charge in [0, 0.05) is 25.2 Å². The summed E-state index contributed by atoms with van der Waals surface area (Å²) in [6.45, 7) is 4.10. The van der Waals surface area contributed by atoms with Crippen LogP contribution in [0.3, 0.4) is 0 Å². The van der Waals surface area contributed by atoms with Crippen molar-refractivity contribution in [3.05, 3.63) is 58.6 Å². The van der Waals surface area contributed by atoms with Crippen molar-refractivity contribution in [3.8, 4) is 0 Å². The topological polar surface area (TPSA) is 127 Å². The number of amides is 1. The number of benzene rings is 2. The summed E-state index contributed by atoms with van der Waals surface area (Å²) >= 11 is 6.07. The molecule has 0 saturated carbocycles. The summed E-state index contributed by atoms with van der Waals surface area (Å²) in [5.41, 5.74) is 0.789. The second-order valence-electron chi connectivity index (χ2n) is 6.11. The number of primary sulfonamides is 1. The van der Waals surface area contributed by atoms with Crippen LogP contribution in [0.2, 0.25) is 5.02 Å². The Morgan fingerprint density at radius 3 is 2.14 bits per heavy atom. The minimum atomic E-state index is -3.82. The van der Waals surface area contributed by atoms with Gasteiger partial charge < -0.3 is 5.32 Å². The molecular formula is C18H22ClN3O5S2. The zero-order valence-electron chi connectivity index (χ0n) is 15.9. The number of hydrogen-bond acceptors (Lipinski definition) is 5. The molecule has 8 nitrogen and oxygen atoms in total. The molecule has 0 radical (unpaired) electrons. The smallest absolute Gasteiger partial charge is 0.251 e. The van der Waals surface area contributed by atoms with Gasteiger partial charge in [0.2, 0.25) is 20.0 Å². The summed E-state index contributed by atoms with van der Waals surface area (Å²) in [6.07, 6.45) is 0. The number of halogens is 1. The van der Waals surface area contributed by atoms with Crippen LogP contribution in [0.1, 0.15) is 29.8 Å². The highest BCUT2D eigenvalue weighted by molar-refractivity contribution is 7.89. The highest BCUT2D eigenvalue weighted by atomic mass is 35.5. The molecule has 0 aliphatic heterocycles. The van der Waals surface area contributed by atoms with Gasteiger partial charge in [-0.15, -0.1) is 0 Å². The first kappa shape index (κ1) is 23.3. The predicted octanol–water partition coefficient (Wildman–Crippen LogP) is 1.95. The van der Waals surface area contributed by atoms with Crippen LogP contribution in [0.15, 0.2) is 52.3 Å². The molecule has 11 heteroatoms. The van der Waals surface area contributed by atoms with Crippen LogP contribution in [0.5, 0.6) is 0 Å². The number of nitrogens with one attached hydrogen (secondary N) is 1. The molecule has 0 aliphatic carbocycles. The molecule has 2 aromatic carbocycles. The molecule has 3 N–H and O–H groups in total. The zero-order chi connectivity index (χ0) is 21.8. The van der Waals surface area contributed by atoms with Gasteiger partial charge in [0.1, 0.15) is 4.90 Å². The monoisotopic (exact) mass is 459 g/mol. The van der Waals surface area contributed by atoms with E-state index in [9.17, 15) is 21.6 Å². The maximum atomic E-state index is 12.7. The molecule has 0 heterocycles. The number of carbonyl (C=O) groups is 1. The maximum absolute atomic E-state index is 12.7. The summed E-state index contributed by atoms with van der Waals surface area (Å²) in [5.74, 6) is -0.492. The SMILES string of the molecule is CCN(CC)S(=O)(=O)c1cc(C(=O)NCc2ccc(S(N)(=O)=O)cc2)ccc1Cl. The Bertz CT molecular complexity index is 1100. The van der Waals surface area contributed by atoms with Gasteiger partial charge >= 0.3 is 0 Å². The Morgan fingerprint density at radius 1 is 1.03 bits per heavy atom. The van der Waals surface area contributed by atoms with Crippen molar-refractivity contribution in [2.24, 2.45) is 5.14 Å². The Morgan fingerprint density at radius 2 is 1.62 bits per heavy atom. The summed E-state index contributed by atoms with van der Waals surface area (Å²) < 4.78 is 49.3. The van der Waals surface area contributed by atoms with Gasteiger partial charge in [-0.3, -0.25) is 4.79 Å². The molecule has 0 bridgehead atoms. The number of nitrogens with zero attached hydrogens (tertiary/aromatic N) is 1. The lowest BCUT2D eigenvalue weighted by atomic mass is 10.2. The van der Waals surface area contributed by atoms with Gasteiger partial charge in [0.05, 0.1) is 9.92 Å². The molecule has 0 unspecified atom stereocenters. The molecule has 0 spiro atoms. The summed E-state index contributed by atoms with van der Waals surface area (Å²) in [7, 11) is -7.61. The van der Waals surface area contributed by atoms with E-state index < -0.39 is 26.0 Å². The quantitative estimate of drug-likeness (QED) is 0.623. The predicted molar refractivity (Wildman–Crippen MR) is 111 cm³/mol. The molecule has 0 aromatic heterocycles. The molecule has 0 fully saturated rings. The van der Waals surface area contributed by atoms with E-state index in [1.54, 1.807) is 13.8 Å². The van der Waals surface area contributed by atoms with E-state index in [0.717, 1.165) is 0 Å². The molecule has 29 heavy (non-hydrogen) atoms. The van der Waals surface area contributed by atoms with Crippen molar-refractivity contribution in [1.82, 2.24) is 9.62 Å². The lowest BCUT2D eigenvalue weighted by Gasteiger charge is -2.19. The summed E-state index contributed by atoms with van der Waals surface area (Å²) in [5, 5.41) is 7.74. The first-order chi connectivity index (χ1) is 13.5. The van der Waals surface area contributed by atoms with Gasteiger partial charge in [-0.1, -0.05) is 37.6 Å². The van der Waals surface area contributed by atoms with Gasteiger partial charge in [-0.25, -0.2) is 22.0 Å². The Hall–Kier alpha value is -1.98. The average Bonchev–Trinajstić information content (AvgIpc) is 2.66. The second-order valence-corrected chi connectivity index (χ2v) is 9.98. The van der Waals surface area contributed by atoms with Crippen LogP contribution in [0.25, 0.3) is 0 Å². The Kier molecular flexibility index (Phi) is 7.41. The van der Waals surface area contributed by atoms with Crippen molar-refractivity contribution in [2.45, 2.75) is 30.2 Å². The maximum Gasteiger partial charge on any atom is 0.251 e. The highest BCUT2D eigenvalue weighted by Gasteiger charge is 2.25. The first-order valence-electron chi connectivity index (χ1n) is 8.70. The van der Waals surface area contributed by atoms with E-state index in [1.165, 1.54) is 46.8 Å². The molecule has 0 aliphatic rings. The normalized spacial score (nSPS) is 12.2. The van der Waals surface area contributed by atoms with Gasteiger partial charge in [0.15, 0.2) is 0 Å². The number of nitrogens with two attached hydrogens (primary N) is 1. The van der Waals surface area contributed by atoms with Crippen LogP contribution in [-0.4, -0.2) is 40.1 Å². The molecule has 0 saturated heterocycles. The van der Waals surface area contributed by atoms with Crippen molar-refractivity contribution in [3.63, 3.8) is 0 Å². The molecule has 2 aromatic rings. The van der Waals surface area contributed by atoms with Gasteiger partial charge in [0.25, 0.3) is 5.91 Å². The lowest BCUT2D eigenvalue weighted by Crippen LogP contribution is -2.31. The molecule has 158 valence electrons. The van der Waals surface area contributed by atoms with E-state index in [-0.39, 0.29) is 40.0 Å². The van der Waals surface area contributed by atoms with E-state index in [0.29, 0.717) is 5.56 Å². The third kappa shape index (κ3) is 5.55. The fourth-order valence-electron chi connectivity index (χ4n) is 2.63. The third-order valence-corrected chi connectivity index (χ3v) is 7.68. The Labute approximate surface area is 175 Å². The Balaban J connectivity index is 2.20. The van der Waals surface area contributed by atoms with Crippen molar-refractivity contribution < 1.29 is 21.6 Å². The van der Waals surface area contributed by atoms with Gasteiger partial charge in [-0.05, 0) is 35.9 Å². The summed E-state index contributed by atoms with van der Waals surface area (Å²) in [4.78, 5) is 12.3. The number of sulfonamides is 2. The minimum absolute atomic E-state index is 0.0310. The fourth-order valence-corrected chi connectivity index (χ4v) is 5.10. The van der Waals surface area contributed by atoms with Crippen molar-refractivity contribution in [2.75, 3.05) is 13.1 Å². The zero-order valence-corrected chi connectivity index (χ0v) is 18.3. The first-order valence-corrected chi connectivity index (χ1v) is 12.1. The van der Waals surface area contributed by atoms with Crippen LogP contribution in [0, 0.1) is 0 Å². The van der Waals surface area contributed by atoms with E-state index in [2.05, 4.69) is 5.32 Å². The number of rotatable bonds is 8. The molecule has 0 atom stereocenters. The summed E-state index contributed by atoms with van der Waals surface area (Å²) in [6, 6.07) is 9.78. The van der Waals surface area contributed by atoms with E-state index in [1.807, 2.05) is 0 Å². The van der Waals surface area contributed by atoms with Crippen LogP contribution < -0.4 is 10.5 Å². The van der Waals surface area contributed by atoms with Crippen LogP contribution in [0.4, 0.5) is 0 Å². The molecule has 2 rings (SSSR count). The van der Waals surface area contributed by atoms with Crippen molar-refractivity contribution >= 4 is 37.6 Å². The van der Waals surface area contributed by atoms with Crippen LogP contribution in [-0.2, 0) is 26.6 Å². The largest absolute Gasteiger partial charge is 0.348 e. The van der Waals surface area contributed by atoms with E-state index >= 15 is 0 Å². The standard InChI is InChI=1S/C18H22ClN3O5S2/c1-3-22(4-2)29(26,27)17-11-14(7-10-16(17)19)18(23)21-12-13-5-8-15(9-6-13)28(20,24)25/h5-11H,3-4,12H2,1-2H3,(H,21,23)(H2,20,24,25). The van der Waals surface area contributed by atoms with Crippen LogP contribution >= 0.6 is 11.6 Å². The fraction of sp³-hybridized carbons (Fsp3) is 0.278. The highest BCUT2D eigenvalue weighted by Crippen LogP contribution is 2.26. The average molecular weight is 460 g/mol. The lowest BCUT2D eigenvalue weighted by molar-refractivity contribution is 0.0950. The van der Waals surface area contributed by atoms with E-state index in [4.69, 9.17) is 16.7 Å². The van der Waals surface area contributed by atoms with Crippen molar-refractivity contribution in [1.29, 1.82) is 0 Å². The van der Waals surface area contributed by atoms with Gasteiger partial charge in [-0.2, -0.15) is 4.31 Å².